The van der Waals surface area contributed by atoms with E-state index in [0.29, 0.717) is 24.1 Å². The number of hydrogen-bond acceptors (Lipinski definition) is 1. The van der Waals surface area contributed by atoms with Crippen molar-refractivity contribution in [2.45, 2.75) is 38.2 Å². The number of rotatable bonds is 6. The van der Waals surface area contributed by atoms with Crippen molar-refractivity contribution in [3.63, 3.8) is 0 Å². The Morgan fingerprint density at radius 2 is 1.59 bits per heavy atom. The fourth-order valence-corrected chi connectivity index (χ4v) is 2.38. The molecule has 1 nitrogen and oxygen atoms in total. The Morgan fingerprint density at radius 3 is 2.11 bits per heavy atom. The van der Waals surface area contributed by atoms with Crippen LogP contribution in [0.25, 0.3) is 11.1 Å². The van der Waals surface area contributed by atoms with Crippen LogP contribution in [0.4, 0.5) is 35.1 Å². The molecule has 0 heterocycles. The molecular formula is C18H14F8O. The number of ether oxygens (including phenoxy) is 1. The van der Waals surface area contributed by atoms with E-state index in [9.17, 15) is 35.1 Å². The highest BCUT2D eigenvalue weighted by molar-refractivity contribution is 5.65. The smallest absolute Gasteiger partial charge is 0.427 e. The van der Waals surface area contributed by atoms with Crippen molar-refractivity contribution in [3.8, 4) is 16.9 Å². The Bertz CT molecular complexity index is 800. The summed E-state index contributed by atoms with van der Waals surface area (Å²) in [6.45, 7) is 1.90. The lowest BCUT2D eigenvalue weighted by molar-refractivity contribution is -0.305. The van der Waals surface area contributed by atoms with Crippen LogP contribution in [0, 0.1) is 11.6 Å². The molecule has 9 heteroatoms. The zero-order valence-electron chi connectivity index (χ0n) is 13.9. The average Bonchev–Trinajstić information content (AvgIpc) is 2.55. The first kappa shape index (κ1) is 21.0. The monoisotopic (exact) mass is 398 g/mol. The SMILES string of the molecule is CCCc1ccc(-c2ccc(OC(F)(F)C(F)C(F)(F)F)c(F)c2)c(F)c1. The lowest BCUT2D eigenvalue weighted by Gasteiger charge is -2.23. The number of alkyl halides is 6. The minimum absolute atomic E-state index is 0.0364. The van der Waals surface area contributed by atoms with Crippen LogP contribution in [0.15, 0.2) is 36.4 Å². The van der Waals surface area contributed by atoms with Crippen molar-refractivity contribution < 1.29 is 39.9 Å². The van der Waals surface area contributed by atoms with Gasteiger partial charge < -0.3 is 4.74 Å². The summed E-state index contributed by atoms with van der Waals surface area (Å²) in [4.78, 5) is 0. The largest absolute Gasteiger partial charge is 0.439 e. The van der Waals surface area contributed by atoms with Gasteiger partial charge in [-0.15, -0.1) is 0 Å². The average molecular weight is 398 g/mol. The van der Waals surface area contributed by atoms with Gasteiger partial charge in [0.2, 0.25) is 0 Å². The van der Waals surface area contributed by atoms with E-state index in [1.54, 1.807) is 6.07 Å². The minimum Gasteiger partial charge on any atom is -0.427 e. The van der Waals surface area contributed by atoms with Gasteiger partial charge in [-0.3, -0.25) is 0 Å². The summed E-state index contributed by atoms with van der Waals surface area (Å²) in [5.74, 6) is -3.46. The third kappa shape index (κ3) is 4.90. The summed E-state index contributed by atoms with van der Waals surface area (Å²) in [5, 5.41) is 0. The molecule has 0 spiro atoms. The predicted molar refractivity (Wildman–Crippen MR) is 82.3 cm³/mol. The van der Waals surface area contributed by atoms with Crippen LogP contribution in [-0.4, -0.2) is 18.5 Å². The van der Waals surface area contributed by atoms with Crippen LogP contribution in [0.5, 0.6) is 5.75 Å². The first-order valence-electron chi connectivity index (χ1n) is 7.81. The Balaban J connectivity index is 2.28. The molecule has 2 aromatic carbocycles. The highest BCUT2D eigenvalue weighted by atomic mass is 19.4. The normalized spacial score (nSPS) is 13.5. The third-order valence-electron chi connectivity index (χ3n) is 3.64. The molecule has 1 atom stereocenters. The van der Waals surface area contributed by atoms with Crippen molar-refractivity contribution in [1.82, 2.24) is 0 Å². The summed E-state index contributed by atoms with van der Waals surface area (Å²) in [7, 11) is 0. The molecule has 2 aromatic rings. The lowest BCUT2D eigenvalue weighted by atomic mass is 10.0. The van der Waals surface area contributed by atoms with E-state index in [2.05, 4.69) is 4.74 Å². The fraction of sp³-hybridized carbons (Fsp3) is 0.333. The summed E-state index contributed by atoms with van der Waals surface area (Å²) >= 11 is 0. The highest BCUT2D eigenvalue weighted by Gasteiger charge is 2.59. The van der Waals surface area contributed by atoms with Gasteiger partial charge in [0.25, 0.3) is 6.17 Å². The predicted octanol–water partition coefficient (Wildman–Crippen LogP) is 6.46. The first-order chi connectivity index (χ1) is 12.5. The Labute approximate surface area is 149 Å². The molecule has 0 amide bonds. The van der Waals surface area contributed by atoms with Gasteiger partial charge in [0.15, 0.2) is 11.6 Å². The Hall–Kier alpha value is -2.32. The quantitative estimate of drug-likeness (QED) is 0.508. The lowest BCUT2D eigenvalue weighted by Crippen LogP contribution is -2.45. The van der Waals surface area contributed by atoms with Crippen molar-refractivity contribution in [2.24, 2.45) is 0 Å². The molecular weight excluding hydrogens is 384 g/mol. The van der Waals surface area contributed by atoms with E-state index in [4.69, 9.17) is 0 Å². The minimum atomic E-state index is -5.89. The van der Waals surface area contributed by atoms with Crippen LogP contribution in [0.1, 0.15) is 18.9 Å². The highest BCUT2D eigenvalue weighted by Crippen LogP contribution is 2.38. The third-order valence-corrected chi connectivity index (χ3v) is 3.64. The standard InChI is InChI=1S/C18H14F8O/c1-2-3-10-4-6-12(13(19)8-10)11-5-7-15(14(20)9-11)27-18(25,26)16(21)17(22,23)24/h4-9,16H,2-3H2,1H3. The molecule has 0 aliphatic heterocycles. The molecule has 0 bridgehead atoms. The van der Waals surface area contributed by atoms with E-state index in [1.807, 2.05) is 6.92 Å². The van der Waals surface area contributed by atoms with Gasteiger partial charge in [0, 0.05) is 5.56 Å². The van der Waals surface area contributed by atoms with Gasteiger partial charge in [0.1, 0.15) is 5.82 Å². The molecule has 0 saturated carbocycles. The second kappa shape index (κ2) is 7.74. The molecule has 27 heavy (non-hydrogen) atoms. The summed E-state index contributed by atoms with van der Waals surface area (Å²) in [5.41, 5.74) is 0.627. The fourth-order valence-electron chi connectivity index (χ4n) is 2.38. The molecule has 0 aliphatic carbocycles. The van der Waals surface area contributed by atoms with Crippen LogP contribution in [0.2, 0.25) is 0 Å². The van der Waals surface area contributed by atoms with Crippen molar-refractivity contribution >= 4 is 0 Å². The van der Waals surface area contributed by atoms with Gasteiger partial charge in [-0.2, -0.15) is 22.0 Å². The van der Waals surface area contributed by atoms with Crippen molar-refractivity contribution in [2.75, 3.05) is 0 Å². The van der Waals surface area contributed by atoms with Gasteiger partial charge >= 0.3 is 12.3 Å². The molecule has 0 saturated heterocycles. The molecule has 0 N–H and O–H groups in total. The topological polar surface area (TPSA) is 9.23 Å². The van der Waals surface area contributed by atoms with Crippen LogP contribution >= 0.6 is 0 Å². The maximum absolute atomic E-state index is 14.2. The van der Waals surface area contributed by atoms with Crippen molar-refractivity contribution in [3.05, 3.63) is 53.6 Å². The van der Waals surface area contributed by atoms with Gasteiger partial charge in [0.05, 0.1) is 0 Å². The second-order valence-electron chi connectivity index (χ2n) is 5.78. The van der Waals surface area contributed by atoms with Gasteiger partial charge in [-0.1, -0.05) is 31.5 Å². The van der Waals surface area contributed by atoms with Crippen LogP contribution < -0.4 is 4.74 Å². The summed E-state index contributed by atoms with van der Waals surface area (Å²) < 4.78 is 107. The second-order valence-corrected chi connectivity index (χ2v) is 5.78. The number of aryl methyl sites for hydroxylation is 1. The van der Waals surface area contributed by atoms with E-state index in [1.165, 1.54) is 12.1 Å². The number of hydrogen-bond donors (Lipinski definition) is 0. The molecule has 148 valence electrons. The Morgan fingerprint density at radius 1 is 0.926 bits per heavy atom. The summed E-state index contributed by atoms with van der Waals surface area (Å²) in [6, 6.07) is 6.39. The van der Waals surface area contributed by atoms with Gasteiger partial charge in [-0.25, -0.2) is 13.2 Å². The summed E-state index contributed by atoms with van der Waals surface area (Å²) in [6.07, 6.45) is -14.4. The number of benzene rings is 2. The van der Waals surface area contributed by atoms with E-state index in [0.717, 1.165) is 12.5 Å². The van der Waals surface area contributed by atoms with Crippen LogP contribution in [-0.2, 0) is 6.42 Å². The molecule has 0 fully saturated rings. The maximum Gasteiger partial charge on any atom is 0.439 e. The van der Waals surface area contributed by atoms with Crippen molar-refractivity contribution in [1.29, 1.82) is 0 Å². The molecule has 1 unspecified atom stereocenters. The first-order valence-corrected chi connectivity index (χ1v) is 7.81. The molecule has 2 rings (SSSR count). The van der Waals surface area contributed by atoms with Gasteiger partial charge in [-0.05, 0) is 35.7 Å². The molecule has 0 radical (unpaired) electrons. The zero-order chi connectivity index (χ0) is 20.4. The van der Waals surface area contributed by atoms with E-state index >= 15 is 0 Å². The maximum atomic E-state index is 14.2. The molecule has 0 aliphatic rings. The number of halogens is 8. The Kier molecular flexibility index (Phi) is 6.01. The van der Waals surface area contributed by atoms with Crippen LogP contribution in [0.3, 0.4) is 0 Å². The zero-order valence-corrected chi connectivity index (χ0v) is 13.9. The molecule has 0 aromatic heterocycles. The van der Waals surface area contributed by atoms with E-state index in [-0.39, 0.29) is 11.1 Å². The van der Waals surface area contributed by atoms with E-state index < -0.39 is 35.8 Å².